The number of ether oxygens (including phenoxy) is 1. The highest BCUT2D eigenvalue weighted by atomic mass is 19.3. The largest absolute Gasteiger partial charge is 0.485 e. The third-order valence-electron chi connectivity index (χ3n) is 5.18. The first-order chi connectivity index (χ1) is 15.7. The number of pyridine rings is 1. The van der Waals surface area contributed by atoms with Crippen molar-refractivity contribution >= 4 is 23.2 Å². The van der Waals surface area contributed by atoms with Gasteiger partial charge in [-0.25, -0.2) is 15.0 Å². The molecule has 1 aliphatic rings. The number of carbonyl (C=O) groups is 1. The van der Waals surface area contributed by atoms with Crippen LogP contribution in [0.2, 0.25) is 0 Å². The molecule has 1 aliphatic carbocycles. The van der Waals surface area contributed by atoms with E-state index in [1.807, 2.05) is 10.9 Å². The lowest BCUT2D eigenvalue weighted by Crippen LogP contribution is -2.17. The Balaban J connectivity index is 1.57. The van der Waals surface area contributed by atoms with E-state index >= 15 is 0 Å². The molecule has 0 saturated heterocycles. The molecule has 1 saturated carbocycles. The van der Waals surface area contributed by atoms with E-state index in [-0.39, 0.29) is 24.1 Å². The van der Waals surface area contributed by atoms with Gasteiger partial charge in [0.15, 0.2) is 5.75 Å². The molecule has 1 fully saturated rings. The Labute approximate surface area is 189 Å². The summed E-state index contributed by atoms with van der Waals surface area (Å²) < 4.78 is 35.5. The SMILES string of the molecule is CC(=O)Nc1cc(Nc2cc(C)nc(C(C)(F)F)n2)c(OCc2cnn(C3CCC3)c2)cn1. The summed E-state index contributed by atoms with van der Waals surface area (Å²) in [5, 5.41) is 9.99. The standard InChI is InChI=1S/C22H25F2N7O2/c1-13-7-20(30-21(27-13)22(3,23)24)29-17-8-19(28-14(2)32)25-10-18(17)33-12-15-9-26-31(11-15)16-5-4-6-16/h7-11,16H,4-6,12H2,1-3H3,(H2,25,27,28,29,30,32). The van der Waals surface area contributed by atoms with Crippen LogP contribution in [0.4, 0.5) is 26.1 Å². The van der Waals surface area contributed by atoms with E-state index in [2.05, 4.69) is 30.7 Å². The van der Waals surface area contributed by atoms with Gasteiger partial charge in [0.2, 0.25) is 11.7 Å². The zero-order valence-electron chi connectivity index (χ0n) is 18.6. The number of aromatic nitrogens is 5. The zero-order valence-corrected chi connectivity index (χ0v) is 18.6. The number of carbonyl (C=O) groups excluding carboxylic acids is 1. The molecule has 0 aromatic carbocycles. The van der Waals surface area contributed by atoms with Gasteiger partial charge in [0.25, 0.3) is 0 Å². The van der Waals surface area contributed by atoms with Crippen molar-refractivity contribution in [2.24, 2.45) is 0 Å². The van der Waals surface area contributed by atoms with E-state index in [0.717, 1.165) is 25.3 Å². The molecule has 0 atom stereocenters. The van der Waals surface area contributed by atoms with Gasteiger partial charge in [0.05, 0.1) is 24.1 Å². The fourth-order valence-electron chi connectivity index (χ4n) is 3.34. The minimum atomic E-state index is -3.19. The second-order valence-electron chi connectivity index (χ2n) is 8.18. The Morgan fingerprint density at radius 2 is 2.03 bits per heavy atom. The number of nitrogens with one attached hydrogen (secondary N) is 2. The summed E-state index contributed by atoms with van der Waals surface area (Å²) in [6.45, 7) is 3.95. The summed E-state index contributed by atoms with van der Waals surface area (Å²) >= 11 is 0. The summed E-state index contributed by atoms with van der Waals surface area (Å²) in [7, 11) is 0. The van der Waals surface area contributed by atoms with E-state index in [1.165, 1.54) is 19.5 Å². The number of halogens is 2. The first-order valence-electron chi connectivity index (χ1n) is 10.6. The molecule has 0 radical (unpaired) electrons. The van der Waals surface area contributed by atoms with Gasteiger partial charge < -0.3 is 15.4 Å². The van der Waals surface area contributed by atoms with E-state index < -0.39 is 11.7 Å². The first-order valence-corrected chi connectivity index (χ1v) is 10.6. The summed E-state index contributed by atoms with van der Waals surface area (Å²) in [4.78, 5) is 23.4. The van der Waals surface area contributed by atoms with Gasteiger partial charge in [-0.3, -0.25) is 9.48 Å². The van der Waals surface area contributed by atoms with Gasteiger partial charge in [0, 0.05) is 43.4 Å². The van der Waals surface area contributed by atoms with Crippen LogP contribution in [0.15, 0.2) is 30.7 Å². The number of hydrogen-bond donors (Lipinski definition) is 2. The van der Waals surface area contributed by atoms with Crippen LogP contribution in [0.25, 0.3) is 0 Å². The molecule has 1 amide bonds. The van der Waals surface area contributed by atoms with Crippen LogP contribution in [0.1, 0.15) is 56.2 Å². The topological polar surface area (TPSA) is 107 Å². The normalized spacial score (nSPS) is 14.0. The number of anilines is 3. The van der Waals surface area contributed by atoms with Crippen molar-refractivity contribution in [1.82, 2.24) is 24.7 Å². The highest BCUT2D eigenvalue weighted by Crippen LogP contribution is 2.33. The van der Waals surface area contributed by atoms with Gasteiger partial charge in [-0.15, -0.1) is 0 Å². The third kappa shape index (κ3) is 5.60. The van der Waals surface area contributed by atoms with Crippen LogP contribution < -0.4 is 15.4 Å². The summed E-state index contributed by atoms with van der Waals surface area (Å²) in [5.41, 5.74) is 1.68. The lowest BCUT2D eigenvalue weighted by atomic mass is 9.93. The molecular formula is C22H25F2N7O2. The van der Waals surface area contributed by atoms with E-state index in [1.54, 1.807) is 25.3 Å². The number of alkyl halides is 2. The number of amides is 1. The molecule has 3 aromatic rings. The Hall–Kier alpha value is -3.63. The Morgan fingerprint density at radius 3 is 2.70 bits per heavy atom. The van der Waals surface area contributed by atoms with Gasteiger partial charge >= 0.3 is 5.92 Å². The fraction of sp³-hybridized carbons (Fsp3) is 0.409. The van der Waals surface area contributed by atoms with E-state index in [9.17, 15) is 13.6 Å². The number of rotatable bonds is 8. The number of aryl methyl sites for hydroxylation is 1. The predicted octanol–water partition coefficient (Wildman–Crippen LogP) is 4.49. The average Bonchev–Trinajstić information content (AvgIpc) is 3.12. The van der Waals surface area contributed by atoms with Crippen molar-refractivity contribution in [1.29, 1.82) is 0 Å². The maximum atomic E-state index is 13.8. The van der Waals surface area contributed by atoms with E-state index in [4.69, 9.17) is 4.74 Å². The number of hydrogen-bond acceptors (Lipinski definition) is 7. The molecule has 0 spiro atoms. The van der Waals surface area contributed by atoms with Gasteiger partial charge in [-0.2, -0.15) is 13.9 Å². The third-order valence-corrected chi connectivity index (χ3v) is 5.18. The van der Waals surface area contributed by atoms with Crippen LogP contribution in [0.3, 0.4) is 0 Å². The summed E-state index contributed by atoms with van der Waals surface area (Å²) in [6, 6.07) is 3.54. The molecule has 3 heterocycles. The van der Waals surface area contributed by atoms with Crippen LogP contribution >= 0.6 is 0 Å². The summed E-state index contributed by atoms with van der Waals surface area (Å²) in [6.07, 6.45) is 8.63. The van der Waals surface area contributed by atoms with Crippen molar-refractivity contribution < 1.29 is 18.3 Å². The Kier molecular flexibility index (Phi) is 6.21. The van der Waals surface area contributed by atoms with Crippen molar-refractivity contribution in [2.75, 3.05) is 10.6 Å². The van der Waals surface area contributed by atoms with Crippen molar-refractivity contribution in [3.8, 4) is 5.75 Å². The monoisotopic (exact) mass is 457 g/mol. The molecule has 0 bridgehead atoms. The van der Waals surface area contributed by atoms with E-state index in [0.29, 0.717) is 23.2 Å². The van der Waals surface area contributed by atoms with Gasteiger partial charge in [-0.1, -0.05) is 0 Å². The second-order valence-corrected chi connectivity index (χ2v) is 8.18. The van der Waals surface area contributed by atoms with Crippen LogP contribution in [0, 0.1) is 6.92 Å². The molecule has 174 valence electrons. The molecular weight excluding hydrogens is 432 g/mol. The molecule has 4 rings (SSSR count). The lowest BCUT2D eigenvalue weighted by molar-refractivity contribution is -0.114. The second kappa shape index (κ2) is 9.08. The molecule has 3 aromatic heterocycles. The average molecular weight is 457 g/mol. The predicted molar refractivity (Wildman–Crippen MR) is 118 cm³/mol. The van der Waals surface area contributed by atoms with Crippen LogP contribution in [-0.2, 0) is 17.3 Å². The molecule has 33 heavy (non-hydrogen) atoms. The quantitative estimate of drug-likeness (QED) is 0.513. The lowest BCUT2D eigenvalue weighted by Gasteiger charge is -2.25. The van der Waals surface area contributed by atoms with Gasteiger partial charge in [0.1, 0.15) is 18.2 Å². The van der Waals surface area contributed by atoms with Crippen LogP contribution in [0.5, 0.6) is 5.75 Å². The molecule has 0 aliphatic heterocycles. The minimum absolute atomic E-state index is 0.168. The Bertz CT molecular complexity index is 1160. The highest BCUT2D eigenvalue weighted by Gasteiger charge is 2.29. The van der Waals surface area contributed by atoms with Crippen molar-refractivity contribution in [2.45, 2.75) is 58.6 Å². The maximum absolute atomic E-state index is 13.8. The zero-order chi connectivity index (χ0) is 23.6. The summed E-state index contributed by atoms with van der Waals surface area (Å²) in [5.74, 6) is -3.27. The molecule has 2 N–H and O–H groups in total. The highest BCUT2D eigenvalue weighted by molar-refractivity contribution is 5.88. The minimum Gasteiger partial charge on any atom is -0.485 e. The molecule has 0 unspecified atom stereocenters. The van der Waals surface area contributed by atoms with Gasteiger partial charge in [-0.05, 0) is 26.2 Å². The van der Waals surface area contributed by atoms with Crippen molar-refractivity contribution in [3.63, 3.8) is 0 Å². The van der Waals surface area contributed by atoms with Crippen LogP contribution in [-0.4, -0.2) is 30.6 Å². The number of nitrogens with zero attached hydrogens (tertiary/aromatic N) is 5. The molecule has 9 nitrogen and oxygen atoms in total. The smallest absolute Gasteiger partial charge is 0.303 e. The Morgan fingerprint density at radius 1 is 1.24 bits per heavy atom. The maximum Gasteiger partial charge on any atom is 0.303 e. The fourth-order valence-corrected chi connectivity index (χ4v) is 3.34. The molecule has 11 heteroatoms. The first kappa shape index (κ1) is 22.6. The van der Waals surface area contributed by atoms with Crippen molar-refractivity contribution in [3.05, 3.63) is 47.8 Å².